The first kappa shape index (κ1) is 17.1. The molecule has 0 saturated carbocycles. The van der Waals surface area contributed by atoms with Crippen molar-refractivity contribution in [1.29, 1.82) is 0 Å². The number of esters is 1. The molecule has 4 heteroatoms. The van der Waals surface area contributed by atoms with E-state index in [1.54, 1.807) is 12.1 Å². The Bertz CT molecular complexity index is 368. The number of nitrogens with zero attached hydrogens (tertiary/aromatic N) is 1. The zero-order valence-electron chi connectivity index (χ0n) is 10.6. The first-order valence-corrected chi connectivity index (χ1v) is 6.41. The summed E-state index contributed by atoms with van der Waals surface area (Å²) < 4.78 is 7.04. The van der Waals surface area contributed by atoms with Crippen molar-refractivity contribution >= 4 is 21.9 Å². The molecule has 0 aliphatic rings. The quantitative estimate of drug-likeness (QED) is 0.473. The molecule has 102 valence electrons. The van der Waals surface area contributed by atoms with Crippen LogP contribution in [0.2, 0.25) is 0 Å². The zero-order chi connectivity index (χ0) is 12.9. The fourth-order valence-electron chi connectivity index (χ4n) is 1.37. The topological polar surface area (TPSA) is 26.3 Å². The molecular weight excluding hydrogens is 294 g/mol. The lowest BCUT2D eigenvalue weighted by Crippen LogP contribution is -2.35. The highest BCUT2D eigenvalue weighted by Gasteiger charge is 2.09. The fraction of sp³-hybridized carbons (Fsp3) is 0.500. The second kappa shape index (κ2) is 7.54. The summed E-state index contributed by atoms with van der Waals surface area (Å²) in [5.74, 6) is -0.251. The molecule has 0 N–H and O–H groups in total. The van der Waals surface area contributed by atoms with Gasteiger partial charge < -0.3 is 9.22 Å². The second-order valence-corrected chi connectivity index (χ2v) is 5.93. The Morgan fingerprint density at radius 2 is 1.78 bits per heavy atom. The van der Waals surface area contributed by atoms with Crippen molar-refractivity contribution in [2.45, 2.75) is 13.8 Å². The van der Waals surface area contributed by atoms with E-state index in [9.17, 15) is 4.79 Å². The number of carbonyl (C=O) groups is 1. The molecule has 0 aliphatic heterocycles. The molecule has 0 radical (unpaired) electrons. The van der Waals surface area contributed by atoms with Gasteiger partial charge in [-0.2, -0.15) is 0 Å². The molecule has 0 fully saturated rings. The molecular formula is C14H23BrNO2+. The van der Waals surface area contributed by atoms with Crippen LogP contribution in [0.1, 0.15) is 24.2 Å². The third-order valence-corrected chi connectivity index (χ3v) is 2.82. The number of rotatable bonds is 5. The minimum absolute atomic E-state index is 0. The summed E-state index contributed by atoms with van der Waals surface area (Å²) >= 11 is 3.33. The highest BCUT2D eigenvalue weighted by molar-refractivity contribution is 9.10. The summed E-state index contributed by atoms with van der Waals surface area (Å²) in [4.78, 5) is 11.6. The van der Waals surface area contributed by atoms with E-state index >= 15 is 0 Å². The van der Waals surface area contributed by atoms with Crippen molar-refractivity contribution < 1.29 is 14.0 Å². The van der Waals surface area contributed by atoms with Gasteiger partial charge in [0, 0.05) is 10.9 Å². The van der Waals surface area contributed by atoms with Gasteiger partial charge in [0.25, 0.3) is 0 Å². The SMILES string of the molecule is C.C[N+](C)(C)CCCOC(=O)c1ccc(Br)cc1. The average molecular weight is 317 g/mol. The standard InChI is InChI=1S/C13H19BrNO2.CH4/c1-15(2,3)9-4-10-17-13(16)11-5-7-12(14)8-6-11;/h5-8H,4,9-10H2,1-3H3;1H4/q+1;. The van der Waals surface area contributed by atoms with Crippen molar-refractivity contribution in [3.8, 4) is 0 Å². The van der Waals surface area contributed by atoms with Crippen LogP contribution in [0.15, 0.2) is 28.7 Å². The normalized spacial score (nSPS) is 10.7. The Kier molecular flexibility index (Phi) is 7.18. The Labute approximate surface area is 118 Å². The number of carbonyl (C=O) groups excluding carboxylic acids is 1. The molecule has 0 aromatic heterocycles. The summed E-state index contributed by atoms with van der Waals surface area (Å²) in [5, 5.41) is 0. The average Bonchev–Trinajstić information content (AvgIpc) is 2.24. The molecule has 0 unspecified atom stereocenters. The van der Waals surface area contributed by atoms with Crippen molar-refractivity contribution in [3.05, 3.63) is 34.3 Å². The molecule has 0 amide bonds. The van der Waals surface area contributed by atoms with Gasteiger partial charge >= 0.3 is 5.97 Å². The van der Waals surface area contributed by atoms with Gasteiger partial charge in [-0.05, 0) is 24.3 Å². The molecule has 0 atom stereocenters. The van der Waals surface area contributed by atoms with Crippen LogP contribution in [0.5, 0.6) is 0 Å². The molecule has 0 aliphatic carbocycles. The van der Waals surface area contributed by atoms with Crippen molar-refractivity contribution in [3.63, 3.8) is 0 Å². The smallest absolute Gasteiger partial charge is 0.338 e. The molecule has 0 bridgehead atoms. The van der Waals surface area contributed by atoms with E-state index in [0.717, 1.165) is 21.9 Å². The maximum absolute atomic E-state index is 11.6. The summed E-state index contributed by atoms with van der Waals surface area (Å²) in [6.45, 7) is 1.47. The molecule has 1 rings (SSSR count). The first-order chi connectivity index (χ1) is 7.88. The second-order valence-electron chi connectivity index (χ2n) is 5.01. The Balaban J connectivity index is 0.00000289. The molecule has 1 aromatic rings. The Morgan fingerprint density at radius 1 is 1.22 bits per heavy atom. The minimum Gasteiger partial charge on any atom is -0.462 e. The van der Waals surface area contributed by atoms with E-state index in [1.807, 2.05) is 12.1 Å². The Hall–Kier alpha value is -0.870. The van der Waals surface area contributed by atoms with Crippen LogP contribution in [0.25, 0.3) is 0 Å². The number of hydrogen-bond donors (Lipinski definition) is 0. The van der Waals surface area contributed by atoms with E-state index < -0.39 is 0 Å². The van der Waals surface area contributed by atoms with Gasteiger partial charge in [0.1, 0.15) is 0 Å². The van der Waals surface area contributed by atoms with Crippen LogP contribution in [-0.2, 0) is 4.74 Å². The largest absolute Gasteiger partial charge is 0.462 e. The minimum atomic E-state index is -0.251. The molecule has 0 saturated heterocycles. The molecule has 3 nitrogen and oxygen atoms in total. The maximum Gasteiger partial charge on any atom is 0.338 e. The lowest BCUT2D eigenvalue weighted by atomic mass is 10.2. The maximum atomic E-state index is 11.6. The summed E-state index contributed by atoms with van der Waals surface area (Å²) in [6.07, 6.45) is 0.881. The predicted molar refractivity (Wildman–Crippen MR) is 78.7 cm³/mol. The van der Waals surface area contributed by atoms with Gasteiger partial charge in [0.05, 0.1) is 39.9 Å². The summed E-state index contributed by atoms with van der Waals surface area (Å²) in [6, 6.07) is 7.18. The predicted octanol–water partition coefficient (Wildman–Crippen LogP) is 3.34. The number of hydrogen-bond acceptors (Lipinski definition) is 2. The highest BCUT2D eigenvalue weighted by Crippen LogP contribution is 2.11. The van der Waals surface area contributed by atoms with Crippen molar-refractivity contribution in [1.82, 2.24) is 0 Å². The van der Waals surface area contributed by atoms with Gasteiger partial charge in [-0.25, -0.2) is 4.79 Å². The van der Waals surface area contributed by atoms with Crippen LogP contribution < -0.4 is 0 Å². The van der Waals surface area contributed by atoms with Gasteiger partial charge in [-0.3, -0.25) is 0 Å². The van der Waals surface area contributed by atoms with E-state index in [0.29, 0.717) is 12.2 Å². The van der Waals surface area contributed by atoms with Crippen molar-refractivity contribution in [2.24, 2.45) is 0 Å². The molecule has 18 heavy (non-hydrogen) atoms. The monoisotopic (exact) mass is 316 g/mol. The first-order valence-electron chi connectivity index (χ1n) is 5.62. The summed E-state index contributed by atoms with van der Waals surface area (Å²) in [5.41, 5.74) is 0.596. The highest BCUT2D eigenvalue weighted by atomic mass is 79.9. The zero-order valence-corrected chi connectivity index (χ0v) is 12.2. The Morgan fingerprint density at radius 3 is 2.28 bits per heavy atom. The third kappa shape index (κ3) is 6.77. The number of halogens is 1. The van der Waals surface area contributed by atoms with E-state index in [1.165, 1.54) is 0 Å². The number of quaternary nitrogens is 1. The van der Waals surface area contributed by atoms with Crippen LogP contribution in [-0.4, -0.2) is 44.7 Å². The van der Waals surface area contributed by atoms with E-state index in [4.69, 9.17) is 4.74 Å². The fourth-order valence-corrected chi connectivity index (χ4v) is 1.64. The van der Waals surface area contributed by atoms with Crippen LogP contribution in [0.3, 0.4) is 0 Å². The summed E-state index contributed by atoms with van der Waals surface area (Å²) in [7, 11) is 6.36. The number of benzene rings is 1. The lowest BCUT2D eigenvalue weighted by molar-refractivity contribution is -0.870. The van der Waals surface area contributed by atoms with Crippen LogP contribution in [0, 0.1) is 0 Å². The van der Waals surface area contributed by atoms with Crippen molar-refractivity contribution in [2.75, 3.05) is 34.3 Å². The van der Waals surface area contributed by atoms with Crippen LogP contribution >= 0.6 is 15.9 Å². The van der Waals surface area contributed by atoms with Crippen LogP contribution in [0.4, 0.5) is 0 Å². The number of ether oxygens (including phenoxy) is 1. The molecule has 1 aromatic carbocycles. The van der Waals surface area contributed by atoms with E-state index in [-0.39, 0.29) is 13.4 Å². The molecule has 0 heterocycles. The third-order valence-electron chi connectivity index (χ3n) is 2.29. The van der Waals surface area contributed by atoms with Gasteiger partial charge in [0.15, 0.2) is 0 Å². The molecule has 0 spiro atoms. The van der Waals surface area contributed by atoms with Gasteiger partial charge in [-0.1, -0.05) is 23.4 Å². The van der Waals surface area contributed by atoms with Gasteiger partial charge in [-0.15, -0.1) is 0 Å². The lowest BCUT2D eigenvalue weighted by Gasteiger charge is -2.23. The van der Waals surface area contributed by atoms with Gasteiger partial charge in [0.2, 0.25) is 0 Å². The van der Waals surface area contributed by atoms with E-state index in [2.05, 4.69) is 37.1 Å².